The van der Waals surface area contributed by atoms with Gasteiger partial charge in [0, 0.05) is 13.6 Å². The highest BCUT2D eigenvalue weighted by molar-refractivity contribution is 6.29. The Morgan fingerprint density at radius 3 is 2.88 bits per heavy atom. The predicted octanol–water partition coefficient (Wildman–Crippen LogP) is 1.81. The first-order chi connectivity index (χ1) is 7.52. The summed E-state index contributed by atoms with van der Waals surface area (Å²) in [6, 6.07) is 5.22. The molecule has 1 N–H and O–H groups in total. The van der Waals surface area contributed by atoms with Crippen molar-refractivity contribution in [3.8, 4) is 6.07 Å². The molecular weight excluding hydrogens is 226 g/mol. The number of aliphatic hydroxyl groups excluding tert-OH is 1. The monoisotopic (exact) mass is 239 g/mol. The lowest BCUT2D eigenvalue weighted by molar-refractivity contribution is 0.187. The van der Waals surface area contributed by atoms with Crippen LogP contribution in [0.5, 0.6) is 0 Å². The quantitative estimate of drug-likeness (QED) is 0.815. The molecule has 1 aromatic rings. The third-order valence-corrected chi connectivity index (χ3v) is 2.38. The topological polar surface area (TPSA) is 60.1 Å². The van der Waals surface area contributed by atoms with Crippen molar-refractivity contribution in [2.75, 3.05) is 18.5 Å². The summed E-state index contributed by atoms with van der Waals surface area (Å²) in [5.41, 5.74) is 0.485. The average Bonchev–Trinajstić information content (AvgIpc) is 2.24. The van der Waals surface area contributed by atoms with E-state index in [2.05, 4.69) is 4.98 Å². The second kappa shape index (κ2) is 5.69. The zero-order valence-corrected chi connectivity index (χ0v) is 10.1. The Labute approximate surface area is 100 Å². The van der Waals surface area contributed by atoms with Crippen LogP contribution in [-0.2, 0) is 0 Å². The Bertz CT molecular complexity index is 401. The number of hydrogen-bond donors (Lipinski definition) is 1. The number of rotatable bonds is 4. The summed E-state index contributed by atoms with van der Waals surface area (Å²) in [5, 5.41) is 18.3. The summed E-state index contributed by atoms with van der Waals surface area (Å²) in [4.78, 5) is 5.98. The Morgan fingerprint density at radius 2 is 2.31 bits per heavy atom. The van der Waals surface area contributed by atoms with Crippen LogP contribution < -0.4 is 4.90 Å². The summed E-state index contributed by atoms with van der Waals surface area (Å²) in [7, 11) is 1.85. The van der Waals surface area contributed by atoms with Gasteiger partial charge in [-0.25, -0.2) is 4.98 Å². The number of pyridine rings is 1. The highest BCUT2D eigenvalue weighted by Crippen LogP contribution is 2.17. The number of hydrogen-bond acceptors (Lipinski definition) is 4. The van der Waals surface area contributed by atoms with Gasteiger partial charge in [0.15, 0.2) is 0 Å². The van der Waals surface area contributed by atoms with E-state index < -0.39 is 0 Å². The van der Waals surface area contributed by atoms with Gasteiger partial charge >= 0.3 is 0 Å². The van der Waals surface area contributed by atoms with Gasteiger partial charge in [0.1, 0.15) is 11.0 Å². The summed E-state index contributed by atoms with van der Waals surface area (Å²) < 4.78 is 0. The fourth-order valence-electron chi connectivity index (χ4n) is 1.24. The van der Waals surface area contributed by atoms with Crippen LogP contribution >= 0.6 is 11.6 Å². The van der Waals surface area contributed by atoms with Gasteiger partial charge in [0.2, 0.25) is 0 Å². The van der Waals surface area contributed by atoms with Gasteiger partial charge in [0.05, 0.1) is 17.7 Å². The fraction of sp³-hybridized carbons (Fsp3) is 0.455. The highest BCUT2D eigenvalue weighted by Gasteiger charge is 2.07. The molecular formula is C11H14ClN3O. The van der Waals surface area contributed by atoms with Gasteiger partial charge in [-0.2, -0.15) is 5.26 Å². The van der Waals surface area contributed by atoms with E-state index in [4.69, 9.17) is 16.9 Å². The van der Waals surface area contributed by atoms with Crippen molar-refractivity contribution < 1.29 is 5.11 Å². The van der Waals surface area contributed by atoms with Gasteiger partial charge in [-0.1, -0.05) is 11.6 Å². The summed E-state index contributed by atoms with van der Waals surface area (Å²) in [6.07, 6.45) is 0.295. The maximum Gasteiger partial charge on any atom is 0.132 e. The summed E-state index contributed by atoms with van der Waals surface area (Å²) >= 11 is 5.80. The van der Waals surface area contributed by atoms with Gasteiger partial charge in [-0.15, -0.1) is 0 Å². The van der Waals surface area contributed by atoms with Crippen LogP contribution in [0.15, 0.2) is 12.1 Å². The van der Waals surface area contributed by atoms with E-state index in [0.717, 1.165) is 0 Å². The molecule has 1 heterocycles. The molecule has 0 spiro atoms. The van der Waals surface area contributed by atoms with Crippen molar-refractivity contribution in [3.05, 3.63) is 22.8 Å². The van der Waals surface area contributed by atoms with E-state index in [-0.39, 0.29) is 6.10 Å². The number of nitriles is 1. The maximum absolute atomic E-state index is 9.18. The average molecular weight is 240 g/mol. The number of aliphatic hydroxyl groups is 1. The fourth-order valence-corrected chi connectivity index (χ4v) is 1.44. The van der Waals surface area contributed by atoms with Crippen molar-refractivity contribution in [3.63, 3.8) is 0 Å². The Hall–Kier alpha value is -1.31. The molecule has 1 rings (SSSR count). The minimum Gasteiger partial charge on any atom is -0.393 e. The molecule has 0 radical (unpaired) electrons. The van der Waals surface area contributed by atoms with Crippen LogP contribution in [0.2, 0.25) is 5.15 Å². The zero-order chi connectivity index (χ0) is 12.1. The van der Waals surface area contributed by atoms with Crippen molar-refractivity contribution >= 4 is 17.4 Å². The highest BCUT2D eigenvalue weighted by atomic mass is 35.5. The van der Waals surface area contributed by atoms with E-state index in [1.807, 2.05) is 18.0 Å². The molecule has 0 fully saturated rings. The Balaban J connectivity index is 2.79. The van der Waals surface area contributed by atoms with Crippen LogP contribution in [0.1, 0.15) is 18.9 Å². The van der Waals surface area contributed by atoms with Gasteiger partial charge in [0.25, 0.3) is 0 Å². The van der Waals surface area contributed by atoms with E-state index in [1.54, 1.807) is 13.0 Å². The molecule has 1 aromatic heterocycles. The molecule has 86 valence electrons. The van der Waals surface area contributed by atoms with Crippen LogP contribution in [0, 0.1) is 11.3 Å². The van der Waals surface area contributed by atoms with Crippen molar-refractivity contribution in [1.82, 2.24) is 4.98 Å². The SMILES string of the molecule is CC(O)CCN(C)c1cc(C#N)cc(Cl)n1. The number of aromatic nitrogens is 1. The molecule has 5 heteroatoms. The van der Waals surface area contributed by atoms with Crippen LogP contribution in [0.25, 0.3) is 0 Å². The molecule has 0 saturated carbocycles. The first kappa shape index (κ1) is 12.8. The van der Waals surface area contributed by atoms with E-state index in [9.17, 15) is 5.11 Å². The molecule has 1 atom stereocenters. The molecule has 0 saturated heterocycles. The van der Waals surface area contributed by atoms with Crippen molar-refractivity contribution in [1.29, 1.82) is 5.26 Å². The molecule has 0 aliphatic rings. The largest absolute Gasteiger partial charge is 0.393 e. The molecule has 0 aliphatic carbocycles. The number of anilines is 1. The molecule has 4 nitrogen and oxygen atoms in total. The van der Waals surface area contributed by atoms with Gasteiger partial charge in [-0.3, -0.25) is 0 Å². The minimum absolute atomic E-state index is 0.304. The first-order valence-electron chi connectivity index (χ1n) is 5.00. The van der Waals surface area contributed by atoms with Crippen LogP contribution in [-0.4, -0.2) is 29.8 Å². The minimum atomic E-state index is -0.350. The molecule has 16 heavy (non-hydrogen) atoms. The number of halogens is 1. The summed E-state index contributed by atoms with van der Waals surface area (Å²) in [5.74, 6) is 0.643. The lowest BCUT2D eigenvalue weighted by Crippen LogP contribution is -2.22. The molecule has 0 amide bonds. The van der Waals surface area contributed by atoms with E-state index in [0.29, 0.717) is 29.5 Å². The van der Waals surface area contributed by atoms with Crippen molar-refractivity contribution in [2.24, 2.45) is 0 Å². The molecule has 0 aromatic carbocycles. The maximum atomic E-state index is 9.18. The Kier molecular flexibility index (Phi) is 4.53. The van der Waals surface area contributed by atoms with Gasteiger partial charge < -0.3 is 10.0 Å². The van der Waals surface area contributed by atoms with Crippen molar-refractivity contribution in [2.45, 2.75) is 19.4 Å². The third-order valence-electron chi connectivity index (χ3n) is 2.18. The normalized spacial score (nSPS) is 11.9. The standard InChI is InChI=1S/C11H14ClN3O/c1-8(16)3-4-15(2)11-6-9(7-13)5-10(12)14-11/h5-6,8,16H,3-4H2,1-2H3. The summed E-state index contributed by atoms with van der Waals surface area (Å²) in [6.45, 7) is 2.40. The van der Waals surface area contributed by atoms with E-state index >= 15 is 0 Å². The number of nitrogens with zero attached hydrogens (tertiary/aromatic N) is 3. The lowest BCUT2D eigenvalue weighted by Gasteiger charge is -2.19. The smallest absolute Gasteiger partial charge is 0.132 e. The van der Waals surface area contributed by atoms with E-state index in [1.165, 1.54) is 6.07 Å². The zero-order valence-electron chi connectivity index (χ0n) is 9.31. The van der Waals surface area contributed by atoms with Crippen LogP contribution in [0.4, 0.5) is 5.82 Å². The molecule has 0 bridgehead atoms. The molecule has 1 unspecified atom stereocenters. The third kappa shape index (κ3) is 3.69. The van der Waals surface area contributed by atoms with Gasteiger partial charge in [-0.05, 0) is 25.5 Å². The Morgan fingerprint density at radius 1 is 1.62 bits per heavy atom. The second-order valence-electron chi connectivity index (χ2n) is 3.71. The molecule has 0 aliphatic heterocycles. The first-order valence-corrected chi connectivity index (χ1v) is 5.37. The lowest BCUT2D eigenvalue weighted by atomic mass is 10.2. The van der Waals surface area contributed by atoms with Crippen LogP contribution in [0.3, 0.4) is 0 Å². The second-order valence-corrected chi connectivity index (χ2v) is 4.10. The predicted molar refractivity (Wildman–Crippen MR) is 63.5 cm³/mol.